The molecule has 0 aliphatic rings. The smallest absolute Gasteiger partial charge is 0.227 e. The van der Waals surface area contributed by atoms with E-state index in [1.54, 1.807) is 0 Å². The second kappa shape index (κ2) is 11.9. The zero-order valence-corrected chi connectivity index (χ0v) is 27.6. The van der Waals surface area contributed by atoms with Crippen LogP contribution in [-0.2, 0) is 0 Å². The van der Waals surface area contributed by atoms with E-state index in [2.05, 4.69) is 161 Å². The first-order valence-corrected chi connectivity index (χ1v) is 17.2. The minimum atomic E-state index is 0.621. The molecular weight excluding hydrogens is 623 g/mol. The van der Waals surface area contributed by atoms with E-state index in [4.69, 9.17) is 9.40 Å². The average Bonchev–Trinajstić information content (AvgIpc) is 3.80. The van der Waals surface area contributed by atoms with E-state index in [-0.39, 0.29) is 0 Å². The quantitative estimate of drug-likeness (QED) is 0.179. The Morgan fingerprint density at radius 3 is 1.75 bits per heavy atom. The molecule has 0 aliphatic carbocycles. The molecule has 0 saturated heterocycles. The van der Waals surface area contributed by atoms with Crippen LogP contribution in [0.4, 0.5) is 17.1 Å². The van der Waals surface area contributed by atoms with E-state index in [0.29, 0.717) is 5.89 Å². The highest BCUT2D eigenvalue weighted by atomic mass is 16.3. The molecule has 240 valence electrons. The van der Waals surface area contributed by atoms with Gasteiger partial charge in [-0.05, 0) is 78.4 Å². The fourth-order valence-electron chi connectivity index (χ4n) is 7.52. The molecule has 0 fully saturated rings. The van der Waals surface area contributed by atoms with Crippen molar-refractivity contribution < 1.29 is 4.42 Å². The predicted molar refractivity (Wildman–Crippen MR) is 211 cm³/mol. The average molecular weight is 654 g/mol. The Labute approximate surface area is 295 Å². The molecule has 0 spiro atoms. The molecule has 0 atom stereocenters. The molecule has 0 bridgehead atoms. The molecule has 4 heteroatoms. The summed E-state index contributed by atoms with van der Waals surface area (Å²) in [6.07, 6.45) is 0. The maximum absolute atomic E-state index is 6.29. The van der Waals surface area contributed by atoms with Crippen molar-refractivity contribution in [3.05, 3.63) is 188 Å². The van der Waals surface area contributed by atoms with Gasteiger partial charge in [-0.2, -0.15) is 0 Å². The van der Waals surface area contributed by atoms with Gasteiger partial charge in [-0.3, -0.25) is 0 Å². The van der Waals surface area contributed by atoms with Gasteiger partial charge in [0.05, 0.1) is 22.4 Å². The zero-order chi connectivity index (χ0) is 33.7. The molecule has 0 unspecified atom stereocenters. The minimum absolute atomic E-state index is 0.621. The Balaban J connectivity index is 1.18. The first-order valence-electron chi connectivity index (χ1n) is 17.2. The van der Waals surface area contributed by atoms with E-state index in [9.17, 15) is 0 Å². The van der Waals surface area contributed by atoms with Crippen LogP contribution >= 0.6 is 0 Å². The van der Waals surface area contributed by atoms with Gasteiger partial charge in [0, 0.05) is 44.0 Å². The van der Waals surface area contributed by atoms with Crippen molar-refractivity contribution in [1.29, 1.82) is 0 Å². The van der Waals surface area contributed by atoms with Crippen molar-refractivity contribution in [2.45, 2.75) is 0 Å². The van der Waals surface area contributed by atoms with Crippen LogP contribution in [0.2, 0.25) is 0 Å². The number of hydrogen-bond donors (Lipinski definition) is 0. The lowest BCUT2D eigenvalue weighted by molar-refractivity contribution is 0.620. The van der Waals surface area contributed by atoms with Crippen molar-refractivity contribution in [3.8, 4) is 28.3 Å². The van der Waals surface area contributed by atoms with Gasteiger partial charge in [0.25, 0.3) is 0 Å². The number of para-hydroxylation sites is 3. The third kappa shape index (κ3) is 4.80. The van der Waals surface area contributed by atoms with Crippen molar-refractivity contribution in [2.24, 2.45) is 0 Å². The molecule has 0 amide bonds. The topological polar surface area (TPSA) is 34.2 Å². The molecule has 4 nitrogen and oxygen atoms in total. The Bertz CT molecular complexity index is 2800. The monoisotopic (exact) mass is 653 g/mol. The molecule has 0 saturated carbocycles. The summed E-state index contributed by atoms with van der Waals surface area (Å²) in [5.74, 6) is 0.621. The third-order valence-electron chi connectivity index (χ3n) is 9.83. The summed E-state index contributed by atoms with van der Waals surface area (Å²) >= 11 is 0. The van der Waals surface area contributed by atoms with Crippen LogP contribution in [0.5, 0.6) is 0 Å². The van der Waals surface area contributed by atoms with Crippen LogP contribution in [-0.4, -0.2) is 9.55 Å². The summed E-state index contributed by atoms with van der Waals surface area (Å²) in [5.41, 5.74) is 11.6. The van der Waals surface area contributed by atoms with Gasteiger partial charge in [-0.15, -0.1) is 0 Å². The molecule has 51 heavy (non-hydrogen) atoms. The number of aromatic nitrogens is 2. The van der Waals surface area contributed by atoms with Crippen LogP contribution < -0.4 is 4.90 Å². The summed E-state index contributed by atoms with van der Waals surface area (Å²) in [6, 6.07) is 66.3. The second-order valence-corrected chi connectivity index (χ2v) is 12.8. The maximum atomic E-state index is 6.29. The first kappa shape index (κ1) is 29.0. The predicted octanol–water partition coefficient (Wildman–Crippen LogP) is 12.9. The number of anilines is 3. The van der Waals surface area contributed by atoms with Gasteiger partial charge in [0.1, 0.15) is 5.52 Å². The van der Waals surface area contributed by atoms with Crippen molar-refractivity contribution in [2.75, 3.05) is 4.90 Å². The molecular formula is C47H31N3O. The summed E-state index contributed by atoms with van der Waals surface area (Å²) in [4.78, 5) is 7.40. The number of oxazole rings is 1. The fourth-order valence-corrected chi connectivity index (χ4v) is 7.52. The lowest BCUT2D eigenvalue weighted by Crippen LogP contribution is -2.12. The molecule has 2 aromatic heterocycles. The van der Waals surface area contributed by atoms with Crippen molar-refractivity contribution in [1.82, 2.24) is 9.55 Å². The van der Waals surface area contributed by atoms with E-state index < -0.39 is 0 Å². The number of nitrogens with zero attached hydrogens (tertiary/aromatic N) is 3. The largest absolute Gasteiger partial charge is 0.436 e. The number of hydrogen-bond acceptors (Lipinski definition) is 3. The van der Waals surface area contributed by atoms with E-state index in [0.717, 1.165) is 61.3 Å². The van der Waals surface area contributed by atoms with Crippen LogP contribution in [0.25, 0.3) is 71.9 Å². The van der Waals surface area contributed by atoms with Crippen LogP contribution in [0.15, 0.2) is 192 Å². The number of rotatable bonds is 6. The third-order valence-corrected chi connectivity index (χ3v) is 9.83. The molecule has 10 aromatic rings. The van der Waals surface area contributed by atoms with E-state index in [1.165, 1.54) is 21.8 Å². The Kier molecular flexibility index (Phi) is 6.78. The van der Waals surface area contributed by atoms with Gasteiger partial charge in [-0.1, -0.05) is 115 Å². The molecule has 2 heterocycles. The number of benzene rings is 8. The van der Waals surface area contributed by atoms with Crippen molar-refractivity contribution in [3.63, 3.8) is 0 Å². The Hall–Kier alpha value is -6.91. The SMILES string of the molecule is c1ccc(-c2nc3c(ccc4c(N(c5ccc(-n6c7ccccc7c7ccccc76)cc5)c5ccccc5-c5ccccc5)cccc43)o2)cc1. The van der Waals surface area contributed by atoms with Crippen molar-refractivity contribution >= 4 is 60.7 Å². The van der Waals surface area contributed by atoms with Gasteiger partial charge < -0.3 is 13.9 Å². The lowest BCUT2D eigenvalue weighted by Gasteiger charge is -2.29. The molecule has 0 N–H and O–H groups in total. The molecule has 0 radical (unpaired) electrons. The van der Waals surface area contributed by atoms with Gasteiger partial charge in [0.2, 0.25) is 5.89 Å². The van der Waals surface area contributed by atoms with Gasteiger partial charge >= 0.3 is 0 Å². The number of fused-ring (bicyclic) bond motifs is 6. The summed E-state index contributed by atoms with van der Waals surface area (Å²) in [6.45, 7) is 0. The normalized spacial score (nSPS) is 11.5. The molecule has 8 aromatic carbocycles. The lowest BCUT2D eigenvalue weighted by atomic mass is 10.0. The van der Waals surface area contributed by atoms with Gasteiger partial charge in [0.15, 0.2) is 5.58 Å². The van der Waals surface area contributed by atoms with Crippen LogP contribution in [0.3, 0.4) is 0 Å². The van der Waals surface area contributed by atoms with Crippen LogP contribution in [0.1, 0.15) is 0 Å². The zero-order valence-electron chi connectivity index (χ0n) is 27.6. The van der Waals surface area contributed by atoms with E-state index >= 15 is 0 Å². The summed E-state index contributed by atoms with van der Waals surface area (Å²) in [5, 5.41) is 4.63. The van der Waals surface area contributed by atoms with E-state index in [1.807, 2.05) is 36.4 Å². The maximum Gasteiger partial charge on any atom is 0.227 e. The highest BCUT2D eigenvalue weighted by Gasteiger charge is 2.21. The van der Waals surface area contributed by atoms with Crippen LogP contribution in [0, 0.1) is 0 Å². The second-order valence-electron chi connectivity index (χ2n) is 12.8. The minimum Gasteiger partial charge on any atom is -0.436 e. The standard InChI is InChI=1S/C47H31N3O/c1-3-14-32(15-4-1)36-18-7-10-22-41(36)49(34-26-28-35(29-27-34)50-42-23-11-8-19-37(42)38-20-9-12-24-43(38)50)44-25-13-21-40-39(44)30-31-45-46(40)48-47(51-45)33-16-5-2-6-17-33/h1-31H. The van der Waals surface area contributed by atoms with Gasteiger partial charge in [-0.25, -0.2) is 4.98 Å². The summed E-state index contributed by atoms with van der Waals surface area (Å²) in [7, 11) is 0. The highest BCUT2D eigenvalue weighted by molar-refractivity contribution is 6.11. The molecule has 0 aliphatic heterocycles. The highest BCUT2D eigenvalue weighted by Crippen LogP contribution is 2.45. The first-order chi connectivity index (χ1) is 25.3. The Morgan fingerprint density at radius 2 is 1.02 bits per heavy atom. The fraction of sp³-hybridized carbons (Fsp3) is 0. The Morgan fingerprint density at radius 1 is 0.431 bits per heavy atom. The molecule has 10 rings (SSSR count). The summed E-state index contributed by atoms with van der Waals surface area (Å²) < 4.78 is 8.65.